The summed E-state index contributed by atoms with van der Waals surface area (Å²) < 4.78 is 40.7. The van der Waals surface area contributed by atoms with Gasteiger partial charge in [0.2, 0.25) is 0 Å². The van der Waals surface area contributed by atoms with Gasteiger partial charge in [-0.05, 0) is 76.3 Å². The maximum absolute atomic E-state index is 14.8. The molecule has 1 aliphatic rings. The predicted molar refractivity (Wildman–Crippen MR) is 171 cm³/mol. The molecule has 0 aliphatic heterocycles. The number of benzene rings is 2. The fourth-order valence-electron chi connectivity index (χ4n) is 5.69. The Labute approximate surface area is 269 Å². The van der Waals surface area contributed by atoms with Crippen LogP contribution in [0.1, 0.15) is 61.7 Å². The van der Waals surface area contributed by atoms with Crippen molar-refractivity contribution >= 4 is 45.0 Å². The maximum atomic E-state index is 14.8. The first kappa shape index (κ1) is 32.6. The normalized spacial score (nSPS) is 16.8. The zero-order chi connectivity index (χ0) is 32.5. The second kappa shape index (κ2) is 13.3. The molecule has 45 heavy (non-hydrogen) atoms. The SMILES string of the molecule is COc1ccc(-c2cncnc2)cc1CN(C(=O)c1sc2c(F)ccc(F)c2c1Cl)C1CCC(N(C)C(=O)OC(C)(C)C)CC1. The second-order valence-corrected chi connectivity index (χ2v) is 13.5. The number of nitrogens with zero attached hydrogens (tertiary/aromatic N) is 4. The minimum atomic E-state index is -0.691. The molecule has 1 aliphatic carbocycles. The van der Waals surface area contributed by atoms with Gasteiger partial charge in [0.05, 0.1) is 22.2 Å². The fourth-order valence-corrected chi connectivity index (χ4v) is 7.19. The molecule has 0 N–H and O–H groups in total. The number of halogens is 3. The van der Waals surface area contributed by atoms with Crippen LogP contribution in [-0.4, -0.2) is 63.6 Å². The largest absolute Gasteiger partial charge is 0.496 e. The van der Waals surface area contributed by atoms with E-state index in [1.165, 1.54) is 6.33 Å². The number of carbonyl (C=O) groups excluding carboxylic acids is 2. The molecule has 1 fully saturated rings. The molecule has 0 unspecified atom stereocenters. The molecule has 4 aromatic rings. The minimum absolute atomic E-state index is 0.00495. The smallest absolute Gasteiger partial charge is 0.410 e. The Morgan fingerprint density at radius 2 is 1.64 bits per heavy atom. The fraction of sp³-hybridized carbons (Fsp3) is 0.394. The monoisotopic (exact) mass is 656 g/mol. The third-order valence-electron chi connectivity index (χ3n) is 7.99. The summed E-state index contributed by atoms with van der Waals surface area (Å²) in [4.78, 5) is 38.7. The van der Waals surface area contributed by atoms with Crippen molar-refractivity contribution in [3.05, 3.63) is 76.2 Å². The number of methoxy groups -OCH3 is 1. The van der Waals surface area contributed by atoms with Gasteiger partial charge in [-0.2, -0.15) is 0 Å². The highest BCUT2D eigenvalue weighted by Gasteiger charge is 2.35. The van der Waals surface area contributed by atoms with Gasteiger partial charge in [0.15, 0.2) is 0 Å². The van der Waals surface area contributed by atoms with Crippen molar-refractivity contribution in [2.75, 3.05) is 14.2 Å². The topological polar surface area (TPSA) is 84.9 Å². The molecular weight excluding hydrogens is 622 g/mol. The summed E-state index contributed by atoms with van der Waals surface area (Å²) in [6.07, 6.45) is 6.89. The quantitative estimate of drug-likeness (QED) is 0.200. The van der Waals surface area contributed by atoms with Crippen LogP contribution in [-0.2, 0) is 11.3 Å². The number of hydrogen-bond donors (Lipinski definition) is 0. The van der Waals surface area contributed by atoms with Crippen LogP contribution < -0.4 is 4.74 Å². The minimum Gasteiger partial charge on any atom is -0.496 e. The molecule has 238 valence electrons. The average Bonchev–Trinajstić information content (AvgIpc) is 3.38. The molecular formula is C33H35ClF2N4O4S. The van der Waals surface area contributed by atoms with Gasteiger partial charge in [-0.25, -0.2) is 23.5 Å². The van der Waals surface area contributed by atoms with E-state index in [0.29, 0.717) is 31.4 Å². The van der Waals surface area contributed by atoms with Gasteiger partial charge in [-0.3, -0.25) is 4.79 Å². The standard InChI is InChI=1S/C33H35ClF2N4O4S/c1-33(2,3)44-32(42)39(4)22-7-9-23(10-8-22)40(31(41)30-28(34)27-24(35)11-12-25(36)29(27)45-30)17-20-14-19(6-13-26(20)43-5)21-15-37-18-38-16-21/h6,11-16,18,22-23H,7-10,17H2,1-5H3. The number of carbonyl (C=O) groups is 2. The van der Waals surface area contributed by atoms with E-state index in [1.54, 1.807) is 36.4 Å². The van der Waals surface area contributed by atoms with Crippen molar-refractivity contribution < 1.29 is 27.8 Å². The van der Waals surface area contributed by atoms with E-state index in [2.05, 4.69) is 9.97 Å². The van der Waals surface area contributed by atoms with Gasteiger partial charge in [-0.15, -0.1) is 11.3 Å². The summed E-state index contributed by atoms with van der Waals surface area (Å²) >= 11 is 7.44. The highest BCUT2D eigenvalue weighted by molar-refractivity contribution is 7.21. The summed E-state index contributed by atoms with van der Waals surface area (Å²) in [5.74, 6) is -1.19. The van der Waals surface area contributed by atoms with Crippen LogP contribution in [0.2, 0.25) is 5.02 Å². The Morgan fingerprint density at radius 1 is 1.00 bits per heavy atom. The molecule has 2 amide bonds. The first-order chi connectivity index (χ1) is 21.4. The third-order valence-corrected chi connectivity index (χ3v) is 9.66. The Kier molecular flexibility index (Phi) is 9.60. The van der Waals surface area contributed by atoms with Gasteiger partial charge < -0.3 is 19.3 Å². The van der Waals surface area contributed by atoms with Gasteiger partial charge in [-0.1, -0.05) is 17.7 Å². The first-order valence-electron chi connectivity index (χ1n) is 14.6. The van der Waals surface area contributed by atoms with E-state index in [-0.39, 0.29) is 38.6 Å². The van der Waals surface area contributed by atoms with Crippen LogP contribution >= 0.6 is 22.9 Å². The number of ether oxygens (including phenoxy) is 2. The van der Waals surface area contributed by atoms with E-state index in [9.17, 15) is 18.4 Å². The van der Waals surface area contributed by atoms with Gasteiger partial charge >= 0.3 is 6.09 Å². The lowest BCUT2D eigenvalue weighted by Crippen LogP contribution is -2.47. The maximum Gasteiger partial charge on any atom is 0.410 e. The Hall–Kier alpha value is -3.83. The molecule has 8 nitrogen and oxygen atoms in total. The number of hydrogen-bond acceptors (Lipinski definition) is 7. The van der Waals surface area contributed by atoms with E-state index >= 15 is 0 Å². The molecule has 0 saturated heterocycles. The first-order valence-corrected chi connectivity index (χ1v) is 15.8. The highest BCUT2D eigenvalue weighted by atomic mass is 35.5. The van der Waals surface area contributed by atoms with Gasteiger partial charge in [0.1, 0.15) is 34.2 Å². The van der Waals surface area contributed by atoms with Gasteiger partial charge in [0.25, 0.3) is 5.91 Å². The number of rotatable bonds is 7. The van der Waals surface area contributed by atoms with Crippen molar-refractivity contribution in [3.8, 4) is 16.9 Å². The van der Waals surface area contributed by atoms with E-state index < -0.39 is 29.2 Å². The molecule has 2 aromatic heterocycles. The van der Waals surface area contributed by atoms with Crippen molar-refractivity contribution in [2.24, 2.45) is 0 Å². The second-order valence-electron chi connectivity index (χ2n) is 12.1. The van der Waals surface area contributed by atoms with Crippen LogP contribution in [0.25, 0.3) is 21.2 Å². The number of fused-ring (bicyclic) bond motifs is 1. The lowest BCUT2D eigenvalue weighted by molar-refractivity contribution is 0.0144. The van der Waals surface area contributed by atoms with Crippen LogP contribution in [0.3, 0.4) is 0 Å². The van der Waals surface area contributed by atoms with Crippen LogP contribution in [0.5, 0.6) is 5.75 Å². The zero-order valence-corrected chi connectivity index (χ0v) is 27.3. The average molecular weight is 657 g/mol. The summed E-state index contributed by atoms with van der Waals surface area (Å²) in [6.45, 7) is 5.62. The summed E-state index contributed by atoms with van der Waals surface area (Å²) in [7, 11) is 3.29. The van der Waals surface area contributed by atoms with Crippen LogP contribution in [0, 0.1) is 11.6 Å². The lowest BCUT2D eigenvalue weighted by atomic mass is 9.89. The molecule has 2 aromatic carbocycles. The van der Waals surface area contributed by atoms with Crippen LogP contribution in [0.15, 0.2) is 49.1 Å². The molecule has 5 rings (SSSR count). The summed E-state index contributed by atoms with van der Waals surface area (Å²) in [6, 6.07) is 7.36. The van der Waals surface area contributed by atoms with E-state index in [0.717, 1.165) is 40.2 Å². The molecule has 0 radical (unpaired) electrons. The molecule has 0 bridgehead atoms. The summed E-state index contributed by atoms with van der Waals surface area (Å²) in [5.41, 5.74) is 1.75. The Bertz CT molecular complexity index is 1700. The molecule has 1 saturated carbocycles. The molecule has 2 heterocycles. The number of thiophene rings is 1. The Balaban J connectivity index is 1.49. The van der Waals surface area contributed by atoms with Crippen molar-refractivity contribution in [2.45, 2.75) is 70.7 Å². The van der Waals surface area contributed by atoms with E-state index in [1.807, 2.05) is 39.0 Å². The van der Waals surface area contributed by atoms with Gasteiger partial charge in [0, 0.05) is 49.2 Å². The molecule has 0 atom stereocenters. The summed E-state index contributed by atoms with van der Waals surface area (Å²) in [5, 5.41) is -0.209. The van der Waals surface area contributed by atoms with Crippen molar-refractivity contribution in [3.63, 3.8) is 0 Å². The zero-order valence-electron chi connectivity index (χ0n) is 25.8. The van der Waals surface area contributed by atoms with Crippen LogP contribution in [0.4, 0.5) is 13.6 Å². The lowest BCUT2D eigenvalue weighted by Gasteiger charge is -2.40. The molecule has 0 spiro atoms. The molecule has 12 heteroatoms. The van der Waals surface area contributed by atoms with E-state index in [4.69, 9.17) is 21.1 Å². The van der Waals surface area contributed by atoms with Crippen molar-refractivity contribution in [1.29, 1.82) is 0 Å². The third kappa shape index (κ3) is 7.04. The Morgan fingerprint density at radius 3 is 2.27 bits per heavy atom. The number of aromatic nitrogens is 2. The van der Waals surface area contributed by atoms with Crippen molar-refractivity contribution in [1.82, 2.24) is 19.8 Å². The predicted octanol–water partition coefficient (Wildman–Crippen LogP) is 8.12. The highest BCUT2D eigenvalue weighted by Crippen LogP contribution is 2.41. The number of amides is 2.